The number of nitrogens with one attached hydrogen (secondary N) is 1. The van der Waals surface area contributed by atoms with Crippen LogP contribution in [-0.2, 0) is 9.53 Å². The molecule has 4 heteroatoms. The first kappa shape index (κ1) is 15.5. The molecule has 1 amide bonds. The number of amides is 1. The van der Waals surface area contributed by atoms with Crippen LogP contribution in [0.25, 0.3) is 6.08 Å². The van der Waals surface area contributed by atoms with Crippen LogP contribution < -0.4 is 5.32 Å². The number of carbonyl (C=O) groups excluding carboxylic acids is 1. The van der Waals surface area contributed by atoms with E-state index < -0.39 is 0 Å². The molecule has 1 atom stereocenters. The number of ether oxygens (including phenoxy) is 1. The summed E-state index contributed by atoms with van der Waals surface area (Å²) in [5, 5.41) is 6.85. The lowest BCUT2D eigenvalue weighted by atomic mass is 10.0. The third kappa shape index (κ3) is 4.55. The van der Waals surface area contributed by atoms with Gasteiger partial charge in [0.25, 0.3) is 0 Å². The number of carbonyl (C=O) groups is 1. The van der Waals surface area contributed by atoms with Crippen molar-refractivity contribution in [1.29, 1.82) is 0 Å². The highest BCUT2D eigenvalue weighted by atomic mass is 32.1. The Morgan fingerprint density at radius 1 is 1.38 bits per heavy atom. The molecule has 0 bridgehead atoms. The zero-order valence-electron chi connectivity index (χ0n) is 12.2. The molecule has 0 saturated carbocycles. The molecule has 0 aliphatic rings. The largest absolute Gasteiger partial charge is 0.375 e. The number of hydrogen-bond donors (Lipinski definition) is 1. The standard InChI is InChI=1S/C17H19NO2S/c1-13-5-3-4-6-15(13)16(20-2)11-18-17(19)8-7-14-9-10-21-12-14/h3-10,12,16H,11H2,1-2H3,(H,18,19)/b8-7+. The van der Waals surface area contributed by atoms with Crippen molar-refractivity contribution < 1.29 is 9.53 Å². The molecule has 0 saturated heterocycles. The van der Waals surface area contributed by atoms with E-state index in [0.717, 1.165) is 16.7 Å². The van der Waals surface area contributed by atoms with Crippen LogP contribution in [-0.4, -0.2) is 19.6 Å². The minimum absolute atomic E-state index is 0.114. The smallest absolute Gasteiger partial charge is 0.244 e. The van der Waals surface area contributed by atoms with E-state index in [1.54, 1.807) is 30.6 Å². The highest BCUT2D eigenvalue weighted by Crippen LogP contribution is 2.19. The van der Waals surface area contributed by atoms with E-state index in [4.69, 9.17) is 4.74 Å². The van der Waals surface area contributed by atoms with Crippen LogP contribution in [0.1, 0.15) is 22.8 Å². The van der Waals surface area contributed by atoms with Crippen molar-refractivity contribution >= 4 is 23.3 Å². The van der Waals surface area contributed by atoms with Crippen molar-refractivity contribution in [3.8, 4) is 0 Å². The molecule has 1 aromatic heterocycles. The van der Waals surface area contributed by atoms with Crippen molar-refractivity contribution in [3.63, 3.8) is 0 Å². The van der Waals surface area contributed by atoms with Crippen molar-refractivity contribution in [2.45, 2.75) is 13.0 Å². The molecular weight excluding hydrogens is 282 g/mol. The molecule has 0 radical (unpaired) electrons. The van der Waals surface area contributed by atoms with Crippen molar-refractivity contribution in [2.24, 2.45) is 0 Å². The number of rotatable bonds is 6. The lowest BCUT2D eigenvalue weighted by Crippen LogP contribution is -2.27. The summed E-state index contributed by atoms with van der Waals surface area (Å²) >= 11 is 1.61. The van der Waals surface area contributed by atoms with Crippen LogP contribution in [0.3, 0.4) is 0 Å². The summed E-state index contributed by atoms with van der Waals surface area (Å²) in [4.78, 5) is 11.8. The topological polar surface area (TPSA) is 38.3 Å². The fraction of sp³-hybridized carbons (Fsp3) is 0.235. The van der Waals surface area contributed by atoms with Crippen molar-refractivity contribution in [1.82, 2.24) is 5.32 Å². The first-order valence-electron chi connectivity index (χ1n) is 6.77. The van der Waals surface area contributed by atoms with Gasteiger partial charge in [0.1, 0.15) is 0 Å². The zero-order valence-corrected chi connectivity index (χ0v) is 13.0. The van der Waals surface area contributed by atoms with Gasteiger partial charge in [-0.3, -0.25) is 4.79 Å². The van der Waals surface area contributed by atoms with E-state index >= 15 is 0 Å². The van der Waals surface area contributed by atoms with Crippen LogP contribution in [0.4, 0.5) is 0 Å². The van der Waals surface area contributed by atoms with Gasteiger partial charge in [-0.15, -0.1) is 0 Å². The highest BCUT2D eigenvalue weighted by Gasteiger charge is 2.13. The predicted octanol–water partition coefficient (Wildman–Crippen LogP) is 3.57. The molecule has 0 aliphatic heterocycles. The molecule has 1 aromatic carbocycles. The lowest BCUT2D eigenvalue weighted by molar-refractivity contribution is -0.117. The van der Waals surface area contributed by atoms with Crippen LogP contribution in [0, 0.1) is 6.92 Å². The van der Waals surface area contributed by atoms with Gasteiger partial charge in [0.15, 0.2) is 0 Å². The molecule has 3 nitrogen and oxygen atoms in total. The van der Waals surface area contributed by atoms with Crippen LogP contribution in [0.2, 0.25) is 0 Å². The Hall–Kier alpha value is -1.91. The van der Waals surface area contributed by atoms with E-state index in [9.17, 15) is 4.79 Å². The molecule has 0 spiro atoms. The fourth-order valence-electron chi connectivity index (χ4n) is 2.06. The third-order valence-corrected chi connectivity index (χ3v) is 3.95. The lowest BCUT2D eigenvalue weighted by Gasteiger charge is -2.18. The first-order chi connectivity index (χ1) is 10.2. The number of hydrogen-bond acceptors (Lipinski definition) is 3. The highest BCUT2D eigenvalue weighted by molar-refractivity contribution is 7.08. The van der Waals surface area contributed by atoms with Crippen LogP contribution in [0.15, 0.2) is 47.2 Å². The second kappa shape index (κ2) is 7.76. The Bertz CT molecular complexity index is 605. The normalized spacial score (nSPS) is 12.5. The summed E-state index contributed by atoms with van der Waals surface area (Å²) in [6.45, 7) is 2.49. The number of thiophene rings is 1. The summed E-state index contributed by atoms with van der Waals surface area (Å²) < 4.78 is 5.48. The fourth-order valence-corrected chi connectivity index (χ4v) is 2.69. The van der Waals surface area contributed by atoms with Gasteiger partial charge < -0.3 is 10.1 Å². The summed E-state index contributed by atoms with van der Waals surface area (Å²) in [6, 6.07) is 10.0. The minimum atomic E-state index is -0.135. The predicted molar refractivity (Wildman–Crippen MR) is 87.3 cm³/mol. The van der Waals surface area contributed by atoms with E-state index in [1.165, 1.54) is 0 Å². The Labute approximate surface area is 129 Å². The summed E-state index contributed by atoms with van der Waals surface area (Å²) in [5.41, 5.74) is 3.30. The van der Waals surface area contributed by atoms with E-state index in [2.05, 4.69) is 5.32 Å². The monoisotopic (exact) mass is 301 g/mol. The zero-order chi connectivity index (χ0) is 15.1. The van der Waals surface area contributed by atoms with Gasteiger partial charge in [-0.1, -0.05) is 24.3 Å². The van der Waals surface area contributed by atoms with Crippen molar-refractivity contribution in [2.75, 3.05) is 13.7 Å². The second-order valence-electron chi connectivity index (χ2n) is 4.72. The Morgan fingerprint density at radius 2 is 2.19 bits per heavy atom. The van der Waals surface area contributed by atoms with E-state index in [-0.39, 0.29) is 12.0 Å². The maximum Gasteiger partial charge on any atom is 0.244 e. The first-order valence-corrected chi connectivity index (χ1v) is 7.71. The maximum atomic E-state index is 11.8. The summed E-state index contributed by atoms with van der Waals surface area (Å²) in [5.74, 6) is -0.114. The minimum Gasteiger partial charge on any atom is -0.375 e. The molecule has 1 heterocycles. The second-order valence-corrected chi connectivity index (χ2v) is 5.50. The van der Waals surface area contributed by atoms with Gasteiger partial charge in [-0.05, 0) is 46.5 Å². The number of methoxy groups -OCH3 is 1. The third-order valence-electron chi connectivity index (χ3n) is 3.25. The summed E-state index contributed by atoms with van der Waals surface area (Å²) in [6.07, 6.45) is 3.22. The average molecular weight is 301 g/mol. The molecule has 2 aromatic rings. The summed E-state index contributed by atoms with van der Waals surface area (Å²) in [7, 11) is 1.66. The molecular formula is C17H19NO2S. The van der Waals surface area contributed by atoms with Crippen molar-refractivity contribution in [3.05, 3.63) is 63.9 Å². The Morgan fingerprint density at radius 3 is 2.86 bits per heavy atom. The number of aryl methyl sites for hydroxylation is 1. The number of benzene rings is 1. The van der Waals surface area contributed by atoms with Gasteiger partial charge >= 0.3 is 0 Å². The van der Waals surface area contributed by atoms with Gasteiger partial charge in [0, 0.05) is 19.7 Å². The molecule has 0 fully saturated rings. The molecule has 0 aliphatic carbocycles. The SMILES string of the molecule is COC(CNC(=O)/C=C/c1ccsc1)c1ccccc1C. The van der Waals surface area contributed by atoms with E-state index in [1.807, 2.05) is 48.0 Å². The van der Waals surface area contributed by atoms with Gasteiger partial charge in [-0.2, -0.15) is 11.3 Å². The Kier molecular flexibility index (Phi) is 5.72. The van der Waals surface area contributed by atoms with Crippen LogP contribution >= 0.6 is 11.3 Å². The molecule has 1 unspecified atom stereocenters. The van der Waals surface area contributed by atoms with Gasteiger partial charge in [0.05, 0.1) is 6.10 Å². The molecule has 110 valence electrons. The maximum absolute atomic E-state index is 11.8. The Balaban J connectivity index is 1.91. The van der Waals surface area contributed by atoms with Crippen LogP contribution in [0.5, 0.6) is 0 Å². The molecule has 1 N–H and O–H groups in total. The van der Waals surface area contributed by atoms with Gasteiger partial charge in [-0.25, -0.2) is 0 Å². The molecule has 2 rings (SSSR count). The average Bonchev–Trinajstić information content (AvgIpc) is 3.01. The van der Waals surface area contributed by atoms with E-state index in [0.29, 0.717) is 6.54 Å². The molecule has 21 heavy (non-hydrogen) atoms. The quantitative estimate of drug-likeness (QED) is 0.828. The van der Waals surface area contributed by atoms with Gasteiger partial charge in [0.2, 0.25) is 5.91 Å².